The molecule has 1 unspecified atom stereocenters. The second-order valence-electron chi connectivity index (χ2n) is 10.3. The Balaban J connectivity index is 1.83. The molecular formula is C20H32O4. The number of carbonyl (C=O) groups is 1. The van der Waals surface area contributed by atoms with Crippen LogP contribution in [0.3, 0.4) is 0 Å². The summed E-state index contributed by atoms with van der Waals surface area (Å²) < 4.78 is 0. The average Bonchev–Trinajstić information content (AvgIpc) is 2.62. The maximum Gasteiger partial charge on any atom is 0.170 e. The second-order valence-corrected chi connectivity index (χ2v) is 10.3. The number of hydrogen-bond donors (Lipinski definition) is 3. The number of ketones is 1. The van der Waals surface area contributed by atoms with Crippen LogP contribution in [0, 0.1) is 34.0 Å². The highest BCUT2D eigenvalue weighted by Crippen LogP contribution is 2.71. The van der Waals surface area contributed by atoms with Crippen molar-refractivity contribution < 1.29 is 20.1 Å². The molecule has 4 saturated carbocycles. The largest absolute Gasteiger partial charge is 0.393 e. The van der Waals surface area contributed by atoms with Gasteiger partial charge in [-0.15, -0.1) is 0 Å². The van der Waals surface area contributed by atoms with E-state index in [9.17, 15) is 20.1 Å². The molecule has 8 atom stereocenters. The molecule has 0 aromatic heterocycles. The summed E-state index contributed by atoms with van der Waals surface area (Å²) >= 11 is 0. The SMILES string of the molecule is CC1(C)C2CC[C@@]34C[C@H](C[C@H](O)[C@H]3[C@]2(C)CC[C@H]1O)[C@](C)(O)C4=O. The van der Waals surface area contributed by atoms with E-state index in [0.29, 0.717) is 12.3 Å². The molecule has 4 fully saturated rings. The number of Topliss-reactive ketones (excluding diaryl/α,β-unsaturated/α-hetero) is 1. The summed E-state index contributed by atoms with van der Waals surface area (Å²) in [5.74, 6) is 0.0749. The molecule has 0 aromatic rings. The molecule has 4 nitrogen and oxygen atoms in total. The molecule has 0 amide bonds. The molecular weight excluding hydrogens is 304 g/mol. The summed E-state index contributed by atoms with van der Waals surface area (Å²) in [7, 11) is 0. The van der Waals surface area contributed by atoms with Gasteiger partial charge in [-0.2, -0.15) is 0 Å². The molecule has 24 heavy (non-hydrogen) atoms. The number of fused-ring (bicyclic) bond motifs is 3. The van der Waals surface area contributed by atoms with Crippen LogP contribution in [0.5, 0.6) is 0 Å². The van der Waals surface area contributed by atoms with Gasteiger partial charge in [0.05, 0.1) is 12.2 Å². The van der Waals surface area contributed by atoms with E-state index < -0.39 is 17.1 Å². The molecule has 0 heterocycles. The summed E-state index contributed by atoms with van der Waals surface area (Å²) in [5.41, 5.74) is -2.20. The van der Waals surface area contributed by atoms with Crippen LogP contribution in [0.1, 0.15) is 66.2 Å². The monoisotopic (exact) mass is 336 g/mol. The first kappa shape index (κ1) is 17.0. The predicted octanol–water partition coefficient (Wildman–Crippen LogP) is 2.29. The third-order valence-electron chi connectivity index (χ3n) is 8.92. The van der Waals surface area contributed by atoms with Gasteiger partial charge in [-0.05, 0) is 68.1 Å². The van der Waals surface area contributed by atoms with Crippen LogP contribution in [0.25, 0.3) is 0 Å². The zero-order valence-corrected chi connectivity index (χ0v) is 15.4. The molecule has 4 heteroatoms. The Kier molecular flexibility index (Phi) is 3.28. The van der Waals surface area contributed by atoms with Gasteiger partial charge in [-0.3, -0.25) is 4.79 Å². The third-order valence-corrected chi connectivity index (χ3v) is 8.92. The Bertz CT molecular complexity index is 582. The lowest BCUT2D eigenvalue weighted by atomic mass is 9.40. The molecule has 0 aromatic carbocycles. The van der Waals surface area contributed by atoms with Crippen molar-refractivity contribution in [2.24, 2.45) is 34.0 Å². The smallest absolute Gasteiger partial charge is 0.170 e. The topological polar surface area (TPSA) is 77.8 Å². The molecule has 3 N–H and O–H groups in total. The standard InChI is InChI=1S/C20H32O4/c1-17(2)13-5-8-20-10-11(19(4,24)16(20)23)9-12(21)15(20)18(13,3)7-6-14(17)22/h11-15,21-22,24H,5-10H2,1-4H3/t11-,12-,13?,14+,15-,18+,19-,20+/m0/s1. The van der Waals surface area contributed by atoms with Gasteiger partial charge >= 0.3 is 0 Å². The van der Waals surface area contributed by atoms with Crippen LogP contribution in [0.15, 0.2) is 0 Å². The first-order valence-corrected chi connectivity index (χ1v) is 9.61. The summed E-state index contributed by atoms with van der Waals surface area (Å²) in [6, 6.07) is 0. The van der Waals surface area contributed by atoms with Crippen molar-refractivity contribution in [1.29, 1.82) is 0 Å². The fraction of sp³-hybridized carbons (Fsp3) is 0.950. The minimum absolute atomic E-state index is 0.0230. The zero-order chi connectivity index (χ0) is 17.7. The van der Waals surface area contributed by atoms with Gasteiger partial charge < -0.3 is 15.3 Å². The summed E-state index contributed by atoms with van der Waals surface area (Å²) in [6.07, 6.45) is 3.64. The van der Waals surface area contributed by atoms with Crippen molar-refractivity contribution in [3.63, 3.8) is 0 Å². The number of carbonyl (C=O) groups excluding carboxylic acids is 1. The lowest BCUT2D eigenvalue weighted by molar-refractivity contribution is -0.207. The Morgan fingerprint density at radius 2 is 1.71 bits per heavy atom. The van der Waals surface area contributed by atoms with Gasteiger partial charge in [0.15, 0.2) is 5.78 Å². The van der Waals surface area contributed by atoms with Crippen molar-refractivity contribution in [2.45, 2.75) is 84.0 Å². The molecule has 0 radical (unpaired) electrons. The molecule has 0 aliphatic heterocycles. The molecule has 4 rings (SSSR count). The van der Waals surface area contributed by atoms with Gasteiger partial charge in [-0.25, -0.2) is 0 Å². The Labute approximate surface area is 144 Å². The van der Waals surface area contributed by atoms with Crippen LogP contribution in [0.2, 0.25) is 0 Å². The van der Waals surface area contributed by atoms with E-state index in [1.54, 1.807) is 6.92 Å². The molecule has 136 valence electrons. The zero-order valence-electron chi connectivity index (χ0n) is 15.4. The van der Waals surface area contributed by atoms with Crippen LogP contribution < -0.4 is 0 Å². The third kappa shape index (κ3) is 1.73. The second kappa shape index (κ2) is 4.63. The maximum atomic E-state index is 13.2. The number of rotatable bonds is 0. The van der Waals surface area contributed by atoms with E-state index >= 15 is 0 Å². The highest BCUT2D eigenvalue weighted by Gasteiger charge is 2.73. The van der Waals surface area contributed by atoms with Gasteiger partial charge in [0.25, 0.3) is 0 Å². The van der Waals surface area contributed by atoms with Crippen LogP contribution >= 0.6 is 0 Å². The number of aliphatic hydroxyl groups is 3. The van der Waals surface area contributed by atoms with E-state index in [0.717, 1.165) is 32.1 Å². The minimum atomic E-state index is -1.29. The Morgan fingerprint density at radius 1 is 1.04 bits per heavy atom. The molecule has 4 aliphatic carbocycles. The number of aliphatic hydroxyl groups excluding tert-OH is 2. The van der Waals surface area contributed by atoms with Gasteiger partial charge in [-0.1, -0.05) is 20.8 Å². The van der Waals surface area contributed by atoms with E-state index in [1.165, 1.54) is 0 Å². The normalized spacial score (nSPS) is 59.0. The van der Waals surface area contributed by atoms with E-state index in [2.05, 4.69) is 20.8 Å². The summed E-state index contributed by atoms with van der Waals surface area (Å²) in [5, 5.41) is 32.4. The Hall–Kier alpha value is -0.450. The van der Waals surface area contributed by atoms with E-state index in [4.69, 9.17) is 0 Å². The summed E-state index contributed by atoms with van der Waals surface area (Å²) in [6.45, 7) is 8.18. The van der Waals surface area contributed by atoms with Crippen LogP contribution in [-0.4, -0.2) is 38.9 Å². The highest BCUT2D eigenvalue weighted by atomic mass is 16.3. The lowest BCUT2D eigenvalue weighted by Gasteiger charge is -2.64. The fourth-order valence-corrected chi connectivity index (χ4v) is 7.79. The van der Waals surface area contributed by atoms with Gasteiger partial charge in [0.2, 0.25) is 0 Å². The first-order chi connectivity index (χ1) is 11.0. The van der Waals surface area contributed by atoms with Gasteiger partial charge in [0, 0.05) is 11.3 Å². The van der Waals surface area contributed by atoms with Crippen molar-refractivity contribution in [3.05, 3.63) is 0 Å². The van der Waals surface area contributed by atoms with Crippen molar-refractivity contribution in [2.75, 3.05) is 0 Å². The van der Waals surface area contributed by atoms with Crippen LogP contribution in [-0.2, 0) is 4.79 Å². The quantitative estimate of drug-likeness (QED) is 0.634. The van der Waals surface area contributed by atoms with E-state index in [-0.39, 0.29) is 34.6 Å². The molecule has 2 bridgehead atoms. The average molecular weight is 336 g/mol. The molecule has 4 aliphatic rings. The first-order valence-electron chi connectivity index (χ1n) is 9.61. The minimum Gasteiger partial charge on any atom is -0.393 e. The lowest BCUT2D eigenvalue weighted by Crippen LogP contribution is -2.63. The Morgan fingerprint density at radius 3 is 2.38 bits per heavy atom. The van der Waals surface area contributed by atoms with Crippen molar-refractivity contribution in [3.8, 4) is 0 Å². The van der Waals surface area contributed by atoms with Crippen LogP contribution in [0.4, 0.5) is 0 Å². The van der Waals surface area contributed by atoms with Crippen molar-refractivity contribution >= 4 is 5.78 Å². The molecule has 1 spiro atoms. The van der Waals surface area contributed by atoms with E-state index in [1.807, 2.05) is 0 Å². The predicted molar refractivity (Wildman–Crippen MR) is 90.1 cm³/mol. The molecule has 0 saturated heterocycles. The fourth-order valence-electron chi connectivity index (χ4n) is 7.79. The van der Waals surface area contributed by atoms with Gasteiger partial charge in [0.1, 0.15) is 5.60 Å². The summed E-state index contributed by atoms with van der Waals surface area (Å²) in [4.78, 5) is 13.2. The van der Waals surface area contributed by atoms with Crippen molar-refractivity contribution in [1.82, 2.24) is 0 Å². The number of hydrogen-bond acceptors (Lipinski definition) is 4. The highest BCUT2D eigenvalue weighted by molar-refractivity contribution is 5.95. The maximum absolute atomic E-state index is 13.2.